The van der Waals surface area contributed by atoms with Crippen molar-refractivity contribution < 1.29 is 9.18 Å². The summed E-state index contributed by atoms with van der Waals surface area (Å²) in [5.41, 5.74) is 1.24. The summed E-state index contributed by atoms with van der Waals surface area (Å²) in [6.07, 6.45) is 5.13. The van der Waals surface area contributed by atoms with Gasteiger partial charge in [0.15, 0.2) is 0 Å². The van der Waals surface area contributed by atoms with E-state index in [0.717, 1.165) is 5.56 Å². The van der Waals surface area contributed by atoms with E-state index in [-0.39, 0.29) is 18.0 Å². The molecule has 1 aromatic heterocycles. The fourth-order valence-electron chi connectivity index (χ4n) is 2.82. The van der Waals surface area contributed by atoms with Crippen molar-refractivity contribution in [1.82, 2.24) is 14.5 Å². The molecule has 3 aromatic rings. The van der Waals surface area contributed by atoms with Crippen molar-refractivity contribution in [3.05, 3.63) is 100 Å². The Morgan fingerprint density at radius 3 is 2.75 bits per heavy atom. The maximum atomic E-state index is 13.5. The molecule has 1 amide bonds. The van der Waals surface area contributed by atoms with Gasteiger partial charge in [0.2, 0.25) is 0 Å². The van der Waals surface area contributed by atoms with Crippen LogP contribution in [0, 0.1) is 5.82 Å². The number of nitrogens with zero attached hydrogens (tertiary/aromatic N) is 3. The van der Waals surface area contributed by atoms with Crippen molar-refractivity contribution in [2.24, 2.45) is 0 Å². The van der Waals surface area contributed by atoms with Crippen LogP contribution in [0.25, 0.3) is 0 Å². The highest BCUT2D eigenvalue weighted by Gasteiger charge is 2.18. The van der Waals surface area contributed by atoms with Crippen LogP contribution in [0.3, 0.4) is 0 Å². The molecule has 2 aromatic carbocycles. The molecule has 144 valence electrons. The van der Waals surface area contributed by atoms with Gasteiger partial charge in [0.05, 0.1) is 16.6 Å². The molecule has 0 N–H and O–H groups in total. The summed E-state index contributed by atoms with van der Waals surface area (Å²) in [5, 5.41) is 0.976. The molecular formula is C21H18Cl2FN3O. The van der Waals surface area contributed by atoms with Gasteiger partial charge in [-0.05, 0) is 35.9 Å². The normalized spacial score (nSPS) is 10.7. The number of benzene rings is 2. The van der Waals surface area contributed by atoms with Crippen LogP contribution in [-0.4, -0.2) is 26.9 Å². The van der Waals surface area contributed by atoms with E-state index >= 15 is 0 Å². The molecule has 7 heteroatoms. The zero-order valence-electron chi connectivity index (χ0n) is 15.0. The summed E-state index contributed by atoms with van der Waals surface area (Å²) >= 11 is 12.1. The summed E-state index contributed by atoms with van der Waals surface area (Å²) in [6, 6.07) is 11.1. The van der Waals surface area contributed by atoms with Crippen molar-refractivity contribution >= 4 is 29.1 Å². The first-order valence-corrected chi connectivity index (χ1v) is 9.33. The second-order valence-electron chi connectivity index (χ2n) is 6.20. The Kier molecular flexibility index (Phi) is 6.49. The van der Waals surface area contributed by atoms with E-state index in [1.54, 1.807) is 35.4 Å². The number of carbonyl (C=O) groups is 1. The summed E-state index contributed by atoms with van der Waals surface area (Å²) in [5.74, 6) is -0.0494. The van der Waals surface area contributed by atoms with Gasteiger partial charge in [0.25, 0.3) is 5.91 Å². The van der Waals surface area contributed by atoms with E-state index in [1.165, 1.54) is 18.2 Å². The minimum absolute atomic E-state index is 0.260. The first kappa shape index (κ1) is 20.1. The van der Waals surface area contributed by atoms with E-state index in [1.807, 2.05) is 16.8 Å². The van der Waals surface area contributed by atoms with Gasteiger partial charge in [-0.1, -0.05) is 41.4 Å². The Morgan fingerprint density at radius 1 is 1.21 bits per heavy atom. The van der Waals surface area contributed by atoms with Gasteiger partial charge >= 0.3 is 0 Å². The zero-order valence-corrected chi connectivity index (χ0v) is 16.5. The highest BCUT2D eigenvalue weighted by Crippen LogP contribution is 2.23. The molecule has 4 nitrogen and oxygen atoms in total. The van der Waals surface area contributed by atoms with E-state index in [2.05, 4.69) is 11.6 Å². The van der Waals surface area contributed by atoms with Crippen LogP contribution in [0.15, 0.2) is 67.5 Å². The molecule has 0 atom stereocenters. The molecule has 0 fully saturated rings. The zero-order chi connectivity index (χ0) is 20.1. The fraction of sp³-hybridized carbons (Fsp3) is 0.143. The molecule has 0 unspecified atom stereocenters. The second-order valence-corrected chi connectivity index (χ2v) is 7.02. The molecule has 0 saturated heterocycles. The van der Waals surface area contributed by atoms with Crippen LogP contribution in [0.4, 0.5) is 4.39 Å². The van der Waals surface area contributed by atoms with Crippen LogP contribution >= 0.6 is 23.2 Å². The number of amides is 1. The van der Waals surface area contributed by atoms with E-state index in [4.69, 9.17) is 23.2 Å². The van der Waals surface area contributed by atoms with E-state index < -0.39 is 5.82 Å². The third kappa shape index (κ3) is 4.80. The Morgan fingerprint density at radius 2 is 2.04 bits per heavy atom. The van der Waals surface area contributed by atoms with Crippen molar-refractivity contribution in [2.45, 2.75) is 13.1 Å². The molecule has 0 spiro atoms. The average Bonchev–Trinajstić information content (AvgIpc) is 3.10. The SMILES string of the molecule is C=CCN(Cc1nccn1Cc1ccc(Cl)c(Cl)c1)C(=O)c1cccc(F)c1. The van der Waals surface area contributed by atoms with Gasteiger partial charge < -0.3 is 9.47 Å². The van der Waals surface area contributed by atoms with E-state index in [9.17, 15) is 9.18 Å². The first-order valence-electron chi connectivity index (χ1n) is 8.57. The van der Waals surface area contributed by atoms with Gasteiger partial charge in [0.1, 0.15) is 11.6 Å². The lowest BCUT2D eigenvalue weighted by Gasteiger charge is -2.21. The molecule has 0 saturated carbocycles. The standard InChI is InChI=1S/C21H18Cl2FN3O/c1-2-9-27(21(28)16-4-3-5-17(24)12-16)14-20-25-8-10-26(20)13-15-6-7-18(22)19(23)11-15/h2-8,10-12H,1,9,13-14H2. The Balaban J connectivity index is 1.80. The molecule has 0 bridgehead atoms. The van der Waals surface area contributed by atoms with Crippen LogP contribution in [0.5, 0.6) is 0 Å². The summed E-state index contributed by atoms with van der Waals surface area (Å²) in [4.78, 5) is 18.7. The molecule has 0 aliphatic rings. The predicted molar refractivity (Wildman–Crippen MR) is 109 cm³/mol. The average molecular weight is 418 g/mol. The minimum Gasteiger partial charge on any atom is -0.329 e. The molecule has 1 heterocycles. The van der Waals surface area contributed by atoms with E-state index in [0.29, 0.717) is 29.0 Å². The lowest BCUT2D eigenvalue weighted by Crippen LogP contribution is -2.32. The maximum Gasteiger partial charge on any atom is 0.254 e. The topological polar surface area (TPSA) is 38.1 Å². The summed E-state index contributed by atoms with van der Waals surface area (Å²) < 4.78 is 15.4. The number of rotatable bonds is 7. The van der Waals surface area contributed by atoms with Crippen LogP contribution in [0.1, 0.15) is 21.7 Å². The monoisotopic (exact) mass is 417 g/mol. The number of hydrogen-bond donors (Lipinski definition) is 0. The van der Waals surface area contributed by atoms with Crippen molar-refractivity contribution in [1.29, 1.82) is 0 Å². The molecule has 0 aliphatic heterocycles. The second kappa shape index (κ2) is 9.04. The lowest BCUT2D eigenvalue weighted by molar-refractivity contribution is 0.0757. The third-order valence-corrected chi connectivity index (χ3v) is 4.92. The van der Waals surface area contributed by atoms with Crippen molar-refractivity contribution in [3.8, 4) is 0 Å². The highest BCUT2D eigenvalue weighted by atomic mass is 35.5. The lowest BCUT2D eigenvalue weighted by atomic mass is 10.2. The van der Waals surface area contributed by atoms with Gasteiger partial charge in [-0.25, -0.2) is 9.37 Å². The number of hydrogen-bond acceptors (Lipinski definition) is 2. The molecule has 0 radical (unpaired) electrons. The van der Waals surface area contributed by atoms with Gasteiger partial charge in [0, 0.05) is 31.0 Å². The Bertz CT molecular complexity index is 1000. The molecule has 3 rings (SSSR count). The molecule has 28 heavy (non-hydrogen) atoms. The van der Waals surface area contributed by atoms with Crippen molar-refractivity contribution in [3.63, 3.8) is 0 Å². The predicted octanol–water partition coefficient (Wildman–Crippen LogP) is 5.21. The number of aromatic nitrogens is 2. The summed E-state index contributed by atoms with van der Waals surface area (Å²) in [7, 11) is 0. The largest absolute Gasteiger partial charge is 0.329 e. The first-order chi connectivity index (χ1) is 13.5. The third-order valence-electron chi connectivity index (χ3n) is 4.18. The van der Waals surface area contributed by atoms with Crippen LogP contribution in [0.2, 0.25) is 10.0 Å². The molecular weight excluding hydrogens is 400 g/mol. The fourth-order valence-corrected chi connectivity index (χ4v) is 3.14. The highest BCUT2D eigenvalue weighted by molar-refractivity contribution is 6.42. The minimum atomic E-state index is -0.453. The number of imidazole rings is 1. The maximum absolute atomic E-state index is 13.5. The smallest absolute Gasteiger partial charge is 0.254 e. The quantitative estimate of drug-likeness (QED) is 0.495. The Labute approximate surface area is 172 Å². The van der Waals surface area contributed by atoms with Crippen LogP contribution in [-0.2, 0) is 13.1 Å². The number of halogens is 3. The van der Waals surface area contributed by atoms with Crippen molar-refractivity contribution in [2.75, 3.05) is 6.54 Å². The van der Waals surface area contributed by atoms with Gasteiger partial charge in [-0.2, -0.15) is 0 Å². The molecule has 0 aliphatic carbocycles. The number of carbonyl (C=O) groups excluding carboxylic acids is 1. The van der Waals surface area contributed by atoms with Gasteiger partial charge in [-0.15, -0.1) is 6.58 Å². The Hall–Kier alpha value is -2.63. The van der Waals surface area contributed by atoms with Gasteiger partial charge in [-0.3, -0.25) is 4.79 Å². The van der Waals surface area contributed by atoms with Crippen LogP contribution < -0.4 is 0 Å². The summed E-state index contributed by atoms with van der Waals surface area (Å²) in [6.45, 7) is 4.81.